The number of aryl methyl sites for hydroxylation is 1. The number of likely N-dealkylation sites (tertiary alicyclic amines) is 1. The molecule has 3 aromatic rings. The average Bonchev–Trinajstić information content (AvgIpc) is 3.47. The van der Waals surface area contributed by atoms with E-state index < -0.39 is 0 Å². The smallest absolute Gasteiger partial charge is 0.220 e. The van der Waals surface area contributed by atoms with E-state index in [-0.39, 0.29) is 5.91 Å². The third-order valence-electron chi connectivity index (χ3n) is 5.65. The first-order valence-corrected chi connectivity index (χ1v) is 12.4. The maximum absolute atomic E-state index is 12.2. The zero-order valence-electron chi connectivity index (χ0n) is 18.7. The molecule has 2 heterocycles. The number of aromatic nitrogens is 3. The number of benzene rings is 2. The van der Waals surface area contributed by atoms with Crippen LogP contribution >= 0.6 is 11.8 Å². The highest BCUT2D eigenvalue weighted by Crippen LogP contribution is 2.28. The Hall–Kier alpha value is -2.64. The van der Waals surface area contributed by atoms with Gasteiger partial charge in [0.2, 0.25) is 5.91 Å². The molecule has 0 bridgehead atoms. The van der Waals surface area contributed by atoms with Gasteiger partial charge in [0, 0.05) is 36.5 Å². The Bertz CT molecular complexity index is 1010. The van der Waals surface area contributed by atoms with Gasteiger partial charge >= 0.3 is 0 Å². The van der Waals surface area contributed by atoms with Crippen molar-refractivity contribution >= 4 is 17.7 Å². The molecule has 0 radical (unpaired) electrons. The quantitative estimate of drug-likeness (QED) is 0.369. The second-order valence-electron chi connectivity index (χ2n) is 8.20. The summed E-state index contributed by atoms with van der Waals surface area (Å²) in [5.74, 6) is 1.78. The van der Waals surface area contributed by atoms with Crippen molar-refractivity contribution < 1.29 is 4.79 Å². The summed E-state index contributed by atoms with van der Waals surface area (Å²) in [6, 6.07) is 18.5. The monoisotopic (exact) mass is 449 g/mol. The van der Waals surface area contributed by atoms with Crippen LogP contribution < -0.4 is 5.32 Å². The molecule has 0 aliphatic carbocycles. The van der Waals surface area contributed by atoms with Crippen LogP contribution in [0.5, 0.6) is 0 Å². The molecular formula is C25H31N5OS. The molecule has 1 N–H and O–H groups in total. The minimum atomic E-state index is 0.134. The highest BCUT2D eigenvalue weighted by atomic mass is 32.2. The standard InChI is InChI=1S/C25H31N5OS/c1-20-9-7-12-22(19-20)30-24(21-10-3-2-4-11-21)27-28-25(30)32-18-8-13-23(31)26-14-17-29-15-5-6-16-29/h2-4,7,9-12,19H,5-6,8,13-18H2,1H3,(H,26,31). The third kappa shape index (κ3) is 5.99. The zero-order valence-corrected chi connectivity index (χ0v) is 19.5. The molecule has 1 aliphatic rings. The number of rotatable bonds is 10. The minimum Gasteiger partial charge on any atom is -0.355 e. The average molecular weight is 450 g/mol. The molecule has 2 aromatic carbocycles. The summed E-state index contributed by atoms with van der Waals surface area (Å²) >= 11 is 1.65. The van der Waals surface area contributed by atoms with E-state index in [2.05, 4.69) is 68.3 Å². The number of carbonyl (C=O) groups excluding carboxylic acids is 1. The second-order valence-corrected chi connectivity index (χ2v) is 9.26. The van der Waals surface area contributed by atoms with Crippen molar-refractivity contribution in [2.45, 2.75) is 37.8 Å². The molecular weight excluding hydrogens is 418 g/mol. The van der Waals surface area contributed by atoms with E-state index in [0.717, 1.165) is 47.5 Å². The summed E-state index contributed by atoms with van der Waals surface area (Å²) in [6.07, 6.45) is 3.91. The molecule has 1 amide bonds. The Labute approximate surface area is 194 Å². The number of thioether (sulfide) groups is 1. The van der Waals surface area contributed by atoms with Crippen LogP contribution in [-0.4, -0.2) is 57.5 Å². The van der Waals surface area contributed by atoms with Gasteiger partial charge in [0.05, 0.1) is 0 Å². The van der Waals surface area contributed by atoms with E-state index in [1.165, 1.54) is 31.5 Å². The zero-order chi connectivity index (χ0) is 22.2. The Morgan fingerprint density at radius 3 is 2.66 bits per heavy atom. The fourth-order valence-electron chi connectivity index (χ4n) is 3.98. The minimum absolute atomic E-state index is 0.134. The van der Waals surface area contributed by atoms with Gasteiger partial charge in [-0.1, -0.05) is 54.2 Å². The number of nitrogens with one attached hydrogen (secondary N) is 1. The fraction of sp³-hybridized carbons (Fsp3) is 0.400. The van der Waals surface area contributed by atoms with E-state index in [1.807, 2.05) is 18.2 Å². The summed E-state index contributed by atoms with van der Waals surface area (Å²) in [7, 11) is 0. The summed E-state index contributed by atoms with van der Waals surface area (Å²) in [6.45, 7) is 6.12. The van der Waals surface area contributed by atoms with E-state index in [9.17, 15) is 4.79 Å². The van der Waals surface area contributed by atoms with Gasteiger partial charge in [-0.2, -0.15) is 0 Å². The molecule has 0 unspecified atom stereocenters. The van der Waals surface area contributed by atoms with Crippen LogP contribution in [0.4, 0.5) is 0 Å². The molecule has 0 saturated carbocycles. The van der Waals surface area contributed by atoms with E-state index in [4.69, 9.17) is 0 Å². The molecule has 4 rings (SSSR count). The molecule has 1 aromatic heterocycles. The predicted molar refractivity (Wildman–Crippen MR) is 130 cm³/mol. The number of hydrogen-bond acceptors (Lipinski definition) is 5. The predicted octanol–water partition coefficient (Wildman–Crippen LogP) is 4.33. The molecule has 1 aliphatic heterocycles. The van der Waals surface area contributed by atoms with Crippen molar-refractivity contribution in [3.8, 4) is 17.1 Å². The van der Waals surface area contributed by atoms with Gasteiger partial charge in [-0.3, -0.25) is 9.36 Å². The highest BCUT2D eigenvalue weighted by Gasteiger charge is 2.16. The lowest BCUT2D eigenvalue weighted by atomic mass is 10.2. The number of nitrogens with zero attached hydrogens (tertiary/aromatic N) is 4. The number of hydrogen-bond donors (Lipinski definition) is 1. The van der Waals surface area contributed by atoms with E-state index in [0.29, 0.717) is 6.42 Å². The Morgan fingerprint density at radius 1 is 1.06 bits per heavy atom. The Morgan fingerprint density at radius 2 is 1.88 bits per heavy atom. The highest BCUT2D eigenvalue weighted by molar-refractivity contribution is 7.99. The number of amides is 1. The molecule has 32 heavy (non-hydrogen) atoms. The lowest BCUT2D eigenvalue weighted by Gasteiger charge is -2.14. The maximum atomic E-state index is 12.2. The molecule has 1 fully saturated rings. The van der Waals surface area contributed by atoms with Crippen molar-refractivity contribution in [1.82, 2.24) is 25.0 Å². The summed E-state index contributed by atoms with van der Waals surface area (Å²) in [5.41, 5.74) is 3.28. The molecule has 0 spiro atoms. The molecule has 168 valence electrons. The van der Waals surface area contributed by atoms with E-state index >= 15 is 0 Å². The van der Waals surface area contributed by atoms with Crippen molar-refractivity contribution in [2.24, 2.45) is 0 Å². The van der Waals surface area contributed by atoms with Crippen molar-refractivity contribution in [3.05, 3.63) is 60.2 Å². The van der Waals surface area contributed by atoms with Crippen molar-refractivity contribution in [3.63, 3.8) is 0 Å². The summed E-state index contributed by atoms with van der Waals surface area (Å²) in [4.78, 5) is 14.6. The van der Waals surface area contributed by atoms with Gasteiger partial charge < -0.3 is 10.2 Å². The normalized spacial score (nSPS) is 14.0. The molecule has 7 heteroatoms. The van der Waals surface area contributed by atoms with Crippen molar-refractivity contribution in [2.75, 3.05) is 31.9 Å². The second kappa shape index (κ2) is 11.3. The van der Waals surface area contributed by atoms with Crippen LogP contribution in [0.15, 0.2) is 59.8 Å². The largest absolute Gasteiger partial charge is 0.355 e. The van der Waals surface area contributed by atoms with Crippen LogP contribution in [0.25, 0.3) is 17.1 Å². The van der Waals surface area contributed by atoms with Crippen LogP contribution in [0.1, 0.15) is 31.2 Å². The topological polar surface area (TPSA) is 63.1 Å². The SMILES string of the molecule is Cc1cccc(-n2c(SCCCC(=O)NCCN3CCCC3)nnc2-c2ccccc2)c1. The fourth-order valence-corrected chi connectivity index (χ4v) is 4.87. The summed E-state index contributed by atoms with van der Waals surface area (Å²) < 4.78 is 2.11. The van der Waals surface area contributed by atoms with Crippen LogP contribution in [0, 0.1) is 6.92 Å². The van der Waals surface area contributed by atoms with Gasteiger partial charge in [-0.15, -0.1) is 10.2 Å². The first-order chi connectivity index (χ1) is 15.7. The molecule has 6 nitrogen and oxygen atoms in total. The van der Waals surface area contributed by atoms with Gasteiger partial charge in [0.1, 0.15) is 0 Å². The first-order valence-electron chi connectivity index (χ1n) is 11.4. The van der Waals surface area contributed by atoms with Crippen LogP contribution in [0.3, 0.4) is 0 Å². The number of carbonyl (C=O) groups is 1. The van der Waals surface area contributed by atoms with Crippen LogP contribution in [-0.2, 0) is 4.79 Å². The lowest BCUT2D eigenvalue weighted by Crippen LogP contribution is -2.33. The molecule has 0 atom stereocenters. The summed E-state index contributed by atoms with van der Waals surface area (Å²) in [5, 5.41) is 12.9. The van der Waals surface area contributed by atoms with Gasteiger partial charge in [-0.05, 0) is 57.0 Å². The van der Waals surface area contributed by atoms with Gasteiger partial charge in [0.25, 0.3) is 0 Å². The van der Waals surface area contributed by atoms with Crippen LogP contribution in [0.2, 0.25) is 0 Å². The van der Waals surface area contributed by atoms with Crippen molar-refractivity contribution in [1.29, 1.82) is 0 Å². The Balaban J connectivity index is 1.35. The van der Waals surface area contributed by atoms with Gasteiger partial charge in [0.15, 0.2) is 11.0 Å². The third-order valence-corrected chi connectivity index (χ3v) is 6.67. The molecule has 1 saturated heterocycles. The lowest BCUT2D eigenvalue weighted by molar-refractivity contribution is -0.121. The van der Waals surface area contributed by atoms with E-state index in [1.54, 1.807) is 11.8 Å². The maximum Gasteiger partial charge on any atom is 0.220 e. The first kappa shape index (κ1) is 22.6. The van der Waals surface area contributed by atoms with Gasteiger partial charge in [-0.25, -0.2) is 0 Å². The Kier molecular flexibility index (Phi) is 7.96.